The molecule has 0 atom stereocenters. The third kappa shape index (κ3) is 4.30. The molecule has 0 fully saturated rings. The number of rotatable bonds is 4. The Hall–Kier alpha value is -0.790. The van der Waals surface area contributed by atoms with Crippen LogP contribution in [0.3, 0.4) is 0 Å². The van der Waals surface area contributed by atoms with E-state index in [9.17, 15) is 43.3 Å². The van der Waals surface area contributed by atoms with E-state index < -0.39 is 64.9 Å². The zero-order valence-electron chi connectivity index (χ0n) is 12.1. The first-order chi connectivity index (χ1) is 12.2. The average molecular weight is 655 g/mol. The van der Waals surface area contributed by atoms with Gasteiger partial charge in [-0.15, -0.1) is 0 Å². The van der Waals surface area contributed by atoms with Gasteiger partial charge in [0.25, 0.3) is 0 Å². The Bertz CT molecular complexity index is 1120. The summed E-state index contributed by atoms with van der Waals surface area (Å²) < 4.78 is 128. The molecule has 0 aliphatic heterocycles. The summed E-state index contributed by atoms with van der Waals surface area (Å²) in [5, 5.41) is 0. The smallest absolute Gasteiger partial charge is 0.345 e. The van der Waals surface area contributed by atoms with Crippen molar-refractivity contribution in [1.29, 1.82) is 0 Å². The molecule has 0 radical (unpaired) electrons. The van der Waals surface area contributed by atoms with Crippen molar-refractivity contribution in [3.8, 4) is 5.75 Å². The third-order valence-corrected chi connectivity index (χ3v) is 7.49. The first-order valence-corrected chi connectivity index (χ1v) is 11.1. The molecule has 0 unspecified atom stereocenters. The molecule has 0 saturated carbocycles. The van der Waals surface area contributed by atoms with Gasteiger partial charge in [-0.1, -0.05) is 0 Å². The van der Waals surface area contributed by atoms with Crippen LogP contribution in [0.1, 0.15) is 0 Å². The number of hydrogen-bond donors (Lipinski definition) is 0. The SMILES string of the molecule is O=S(=O)([O-])c1c(I)cc(OS(=O)(=O)c2c(F)c(F)c(F)c(F)c2F)cc1I. The van der Waals surface area contributed by atoms with E-state index in [0.717, 1.165) is 12.1 Å². The van der Waals surface area contributed by atoms with Gasteiger partial charge in [0.1, 0.15) is 15.9 Å². The lowest BCUT2D eigenvalue weighted by Crippen LogP contribution is -2.18. The lowest BCUT2D eigenvalue weighted by atomic mass is 10.3. The standard InChI is InChI=1S/C12H3F5I2O6S2/c13-6-7(14)9(16)12(10(17)8(6)15)27(23,24)25-3-1-4(18)11(5(19)2-3)26(20,21)22/h1-2H,(H,20,21,22)/p-1. The van der Waals surface area contributed by atoms with Gasteiger partial charge in [-0.05, 0) is 57.3 Å². The van der Waals surface area contributed by atoms with Crippen molar-refractivity contribution in [1.82, 2.24) is 0 Å². The Balaban J connectivity index is 2.63. The normalized spacial score (nSPS) is 12.3. The Morgan fingerprint density at radius 3 is 1.48 bits per heavy atom. The quantitative estimate of drug-likeness (QED) is 0.125. The molecular weight excluding hydrogens is 653 g/mol. The maximum Gasteiger partial charge on any atom is 0.345 e. The Morgan fingerprint density at radius 2 is 1.11 bits per heavy atom. The van der Waals surface area contributed by atoms with Crippen LogP contribution in [0.25, 0.3) is 0 Å². The van der Waals surface area contributed by atoms with Gasteiger partial charge in [0.05, 0.1) is 4.90 Å². The van der Waals surface area contributed by atoms with E-state index in [-0.39, 0.29) is 7.14 Å². The zero-order chi connectivity index (χ0) is 20.9. The molecule has 27 heavy (non-hydrogen) atoms. The molecule has 0 N–H and O–H groups in total. The van der Waals surface area contributed by atoms with Crippen LogP contribution < -0.4 is 4.18 Å². The Morgan fingerprint density at radius 1 is 0.741 bits per heavy atom. The van der Waals surface area contributed by atoms with Gasteiger partial charge >= 0.3 is 10.1 Å². The van der Waals surface area contributed by atoms with Crippen LogP contribution in [0.5, 0.6) is 5.75 Å². The Kier molecular flexibility index (Phi) is 6.30. The van der Waals surface area contributed by atoms with Gasteiger partial charge in [-0.3, -0.25) is 0 Å². The van der Waals surface area contributed by atoms with Crippen LogP contribution in [-0.4, -0.2) is 21.4 Å². The third-order valence-electron chi connectivity index (χ3n) is 2.85. The van der Waals surface area contributed by atoms with Crippen LogP contribution in [0, 0.1) is 36.2 Å². The van der Waals surface area contributed by atoms with Gasteiger partial charge in [0.2, 0.25) is 5.82 Å². The fourth-order valence-corrected chi connectivity index (χ4v) is 6.77. The summed E-state index contributed by atoms with van der Waals surface area (Å²) in [6.45, 7) is 0. The number of hydrogen-bond acceptors (Lipinski definition) is 6. The van der Waals surface area contributed by atoms with E-state index in [0.29, 0.717) is 0 Å². The summed E-state index contributed by atoms with van der Waals surface area (Å²) in [5.74, 6) is -13.5. The summed E-state index contributed by atoms with van der Waals surface area (Å²) in [6, 6.07) is 1.44. The van der Waals surface area contributed by atoms with Gasteiger partial charge in [-0.25, -0.2) is 30.4 Å². The zero-order valence-corrected chi connectivity index (χ0v) is 18.0. The molecule has 0 amide bonds. The van der Waals surface area contributed by atoms with Gasteiger partial charge in [0.15, 0.2) is 28.2 Å². The molecule has 2 aromatic rings. The minimum absolute atomic E-state index is 0.294. The van der Waals surface area contributed by atoms with Crippen molar-refractivity contribution in [2.75, 3.05) is 0 Å². The topological polar surface area (TPSA) is 101 Å². The molecule has 0 heterocycles. The second-order valence-electron chi connectivity index (χ2n) is 4.61. The highest BCUT2D eigenvalue weighted by Crippen LogP contribution is 2.32. The molecule has 6 nitrogen and oxygen atoms in total. The van der Waals surface area contributed by atoms with Crippen LogP contribution in [0.2, 0.25) is 0 Å². The average Bonchev–Trinajstić information content (AvgIpc) is 2.48. The molecule has 0 spiro atoms. The van der Waals surface area contributed by atoms with Crippen LogP contribution in [-0.2, 0) is 20.2 Å². The highest BCUT2D eigenvalue weighted by Gasteiger charge is 2.35. The molecule has 2 rings (SSSR count). The second-order valence-corrected chi connectivity index (χ2v) is 9.73. The number of benzene rings is 2. The molecule has 0 bridgehead atoms. The maximum absolute atomic E-state index is 13.7. The maximum atomic E-state index is 13.7. The molecule has 0 saturated heterocycles. The molecule has 15 heteroatoms. The van der Waals surface area contributed by atoms with E-state index >= 15 is 0 Å². The largest absolute Gasteiger partial charge is 0.744 e. The minimum atomic E-state index is -5.55. The highest BCUT2D eigenvalue weighted by molar-refractivity contribution is 14.1. The highest BCUT2D eigenvalue weighted by atomic mass is 127. The number of halogens is 7. The van der Waals surface area contributed by atoms with E-state index in [1.165, 1.54) is 45.2 Å². The Labute approximate surface area is 175 Å². The summed E-state index contributed by atoms with van der Waals surface area (Å²) >= 11 is 2.71. The molecule has 148 valence electrons. The predicted octanol–water partition coefficient (Wildman–Crippen LogP) is 3.26. The van der Waals surface area contributed by atoms with Crippen LogP contribution in [0.4, 0.5) is 22.0 Å². The van der Waals surface area contributed by atoms with E-state index in [4.69, 9.17) is 0 Å². The van der Waals surface area contributed by atoms with E-state index in [1.807, 2.05) is 0 Å². The summed E-state index contributed by atoms with van der Waals surface area (Å²) in [6.07, 6.45) is 0. The van der Waals surface area contributed by atoms with Crippen molar-refractivity contribution >= 4 is 65.4 Å². The fourth-order valence-electron chi connectivity index (χ4n) is 1.80. The molecular formula is C12H2F5I2O6S2-. The summed E-state index contributed by atoms with van der Waals surface area (Å²) in [4.78, 5) is -2.92. The lowest BCUT2D eigenvalue weighted by molar-refractivity contribution is 0.352. The van der Waals surface area contributed by atoms with E-state index in [2.05, 4.69) is 4.18 Å². The fraction of sp³-hybridized carbons (Fsp3) is 0. The minimum Gasteiger partial charge on any atom is -0.744 e. The second kappa shape index (κ2) is 7.56. The monoisotopic (exact) mass is 655 g/mol. The summed E-state index contributed by atoms with van der Waals surface area (Å²) in [7, 11) is -10.5. The van der Waals surface area contributed by atoms with Gasteiger partial charge in [0, 0.05) is 7.14 Å². The molecule has 0 aliphatic carbocycles. The van der Waals surface area contributed by atoms with E-state index in [1.54, 1.807) is 0 Å². The van der Waals surface area contributed by atoms with Gasteiger partial charge < -0.3 is 8.74 Å². The van der Waals surface area contributed by atoms with Gasteiger partial charge in [-0.2, -0.15) is 8.42 Å². The van der Waals surface area contributed by atoms with Crippen LogP contribution in [0.15, 0.2) is 21.9 Å². The summed E-state index contributed by atoms with van der Waals surface area (Å²) in [5.41, 5.74) is 0. The van der Waals surface area contributed by atoms with Crippen molar-refractivity contribution in [2.45, 2.75) is 9.79 Å². The molecule has 2 aromatic carbocycles. The predicted molar refractivity (Wildman–Crippen MR) is 93.9 cm³/mol. The van der Waals surface area contributed by atoms with Crippen molar-refractivity contribution in [3.05, 3.63) is 48.4 Å². The van der Waals surface area contributed by atoms with Crippen molar-refractivity contribution < 1.29 is 47.5 Å². The van der Waals surface area contributed by atoms with Crippen molar-refractivity contribution in [3.63, 3.8) is 0 Å². The van der Waals surface area contributed by atoms with Crippen LogP contribution >= 0.6 is 45.2 Å². The first kappa shape index (κ1) is 22.5. The first-order valence-electron chi connectivity index (χ1n) is 6.09. The lowest BCUT2D eigenvalue weighted by Gasteiger charge is -2.14. The molecule has 0 aliphatic rings. The molecule has 0 aromatic heterocycles. The van der Waals surface area contributed by atoms with Crippen molar-refractivity contribution in [2.24, 2.45) is 0 Å².